The Morgan fingerprint density at radius 3 is 0.865 bits per heavy atom. The van der Waals surface area contributed by atoms with E-state index in [4.69, 9.17) is 55.6 Å². The smallest absolute Gasteiger partial charge is 0.233 e. The molecule has 490 valence electrons. The summed E-state index contributed by atoms with van der Waals surface area (Å²) in [6.45, 7) is 14.6. The molecule has 0 unspecified atom stereocenters. The van der Waals surface area contributed by atoms with Gasteiger partial charge in [-0.3, -0.25) is 0 Å². The summed E-state index contributed by atoms with van der Waals surface area (Å²) >= 11 is 0. The molecule has 2 aromatic heterocycles. The summed E-state index contributed by atoms with van der Waals surface area (Å²) < 4.78 is 17.4. The van der Waals surface area contributed by atoms with Gasteiger partial charge in [-0.2, -0.15) is 29.9 Å². The summed E-state index contributed by atoms with van der Waals surface area (Å²) in [4.78, 5) is 28.3. The molecule has 0 spiro atoms. The van der Waals surface area contributed by atoms with Crippen LogP contribution in [0.4, 0.5) is 58.4 Å². The number of hydrogen-bond acceptors (Lipinski definition) is 17. The number of anilines is 10. The van der Waals surface area contributed by atoms with E-state index in [0.29, 0.717) is 55.5 Å². The maximum atomic E-state index is 6.13. The van der Waals surface area contributed by atoms with Crippen LogP contribution in [0.1, 0.15) is 226 Å². The van der Waals surface area contributed by atoms with Gasteiger partial charge >= 0.3 is 0 Å². The second-order valence-corrected chi connectivity index (χ2v) is 23.4. The molecule has 4 aromatic carbocycles. The number of unbranched alkanes of at least 4 members (excludes halogenated alkanes) is 24. The Hall–Kier alpha value is -7.30. The lowest BCUT2D eigenvalue weighted by Gasteiger charge is -2.12. The van der Waals surface area contributed by atoms with Gasteiger partial charge in [0.15, 0.2) is 0 Å². The van der Waals surface area contributed by atoms with E-state index in [9.17, 15) is 0 Å². The van der Waals surface area contributed by atoms with Gasteiger partial charge in [0, 0.05) is 48.9 Å². The van der Waals surface area contributed by atoms with Crippen molar-refractivity contribution in [1.82, 2.24) is 29.9 Å². The lowest BCUT2D eigenvalue weighted by atomic mass is 10.1. The second kappa shape index (κ2) is 47.7. The van der Waals surface area contributed by atoms with Gasteiger partial charge in [0.1, 0.15) is 17.2 Å². The van der Waals surface area contributed by atoms with Crippen LogP contribution in [0.3, 0.4) is 0 Å². The number of aromatic nitrogens is 6. The van der Waals surface area contributed by atoms with Crippen molar-refractivity contribution in [2.45, 2.75) is 227 Å². The molecule has 0 fully saturated rings. The van der Waals surface area contributed by atoms with Gasteiger partial charge in [-0.1, -0.05) is 168 Å². The summed E-state index contributed by atoms with van der Waals surface area (Å²) in [5.74, 6) is 6.11. The van der Waals surface area contributed by atoms with Crippen molar-refractivity contribution in [2.75, 3.05) is 89.4 Å². The third kappa shape index (κ3) is 34.9. The molecule has 0 bridgehead atoms. The summed E-state index contributed by atoms with van der Waals surface area (Å²) in [6.07, 6.45) is 37.3. The average molecular weight is 1220 g/mol. The van der Waals surface area contributed by atoms with E-state index in [-0.39, 0.29) is 0 Å². The lowest BCUT2D eigenvalue weighted by molar-refractivity contribution is 0.279. The van der Waals surface area contributed by atoms with Crippen molar-refractivity contribution in [3.8, 4) is 17.2 Å². The Morgan fingerprint density at radius 2 is 0.539 bits per heavy atom. The van der Waals surface area contributed by atoms with Crippen LogP contribution in [0.5, 0.6) is 17.2 Å². The Labute approximate surface area is 536 Å². The van der Waals surface area contributed by atoms with E-state index in [2.05, 4.69) is 83.9 Å². The number of nitrogens with zero attached hydrogens (tertiary/aromatic N) is 6. The molecule has 17 nitrogen and oxygen atoms in total. The summed E-state index contributed by atoms with van der Waals surface area (Å²) in [5, 5.41) is 20.6. The number of benzene rings is 4. The van der Waals surface area contributed by atoms with Crippen molar-refractivity contribution < 1.29 is 14.2 Å². The molecule has 0 radical (unpaired) electrons. The molecule has 0 saturated carbocycles. The van der Waals surface area contributed by atoms with Crippen LogP contribution in [0, 0.1) is 0 Å². The standard InChI is InChI=1S/C55H92N12O.C17H22N2O2/c1-5-9-13-17-21-27-41-56-50-62-51(57-42-28-22-18-14-10-6-2)65-54(64-50)60-47-35-33-46(34-36-47)32-26-25-31-45-68-49-39-37-48(38-40-49)61-55-66-52(58-43-29-23-19-15-11-7-3)63-53(67-55)59-44-30-24-20-16-12-8-4;18-14-4-8-16(9-5-14)20-12-2-1-3-13-21-17-10-6-15(19)7-11-17/h33-40H,5-32,41-45H2,1-4H3,(H3,56,57,60,62,64,65)(H3,58,59,61,63,66,67);4-11H,1-3,12-13,18-19H2. The molecule has 0 saturated heterocycles. The molecule has 2 heterocycles. The number of aryl methyl sites for hydroxylation is 1. The molecule has 0 aliphatic heterocycles. The van der Waals surface area contributed by atoms with Gasteiger partial charge in [-0.05, 0) is 161 Å². The van der Waals surface area contributed by atoms with Crippen molar-refractivity contribution in [1.29, 1.82) is 0 Å². The van der Waals surface area contributed by atoms with E-state index < -0.39 is 0 Å². The number of nitrogens with two attached hydrogens (primary N) is 2. The van der Waals surface area contributed by atoms with Crippen LogP contribution < -0.4 is 57.6 Å². The molecule has 0 atom stereocenters. The zero-order valence-corrected chi connectivity index (χ0v) is 55.2. The first kappa shape index (κ1) is 72.4. The third-order valence-corrected chi connectivity index (χ3v) is 15.3. The highest BCUT2D eigenvalue weighted by atomic mass is 16.5. The molecule has 0 aliphatic carbocycles. The molecule has 6 rings (SSSR count). The highest BCUT2D eigenvalue weighted by molar-refractivity contribution is 5.58. The number of nitrogens with one attached hydrogen (secondary N) is 6. The largest absolute Gasteiger partial charge is 0.494 e. The first-order valence-electron chi connectivity index (χ1n) is 34.6. The normalized spacial score (nSPS) is 10.9. The molecule has 0 aliphatic rings. The van der Waals surface area contributed by atoms with Crippen LogP contribution >= 0.6 is 0 Å². The Balaban J connectivity index is 0.000000574. The fraction of sp³-hybridized carbons (Fsp3) is 0.583. The van der Waals surface area contributed by atoms with E-state index in [1.54, 1.807) is 0 Å². The second-order valence-electron chi connectivity index (χ2n) is 23.4. The van der Waals surface area contributed by atoms with Crippen LogP contribution in [0.2, 0.25) is 0 Å². The van der Waals surface area contributed by atoms with Crippen molar-refractivity contribution in [2.24, 2.45) is 0 Å². The van der Waals surface area contributed by atoms with Gasteiger partial charge < -0.3 is 57.6 Å². The minimum atomic E-state index is 0.527. The van der Waals surface area contributed by atoms with Crippen molar-refractivity contribution in [3.05, 3.63) is 103 Å². The fourth-order valence-electron chi connectivity index (χ4n) is 9.94. The van der Waals surface area contributed by atoms with E-state index >= 15 is 0 Å². The first-order chi connectivity index (χ1) is 43.8. The third-order valence-electron chi connectivity index (χ3n) is 15.3. The molecular formula is C72H114N14O3. The maximum absolute atomic E-state index is 6.13. The van der Waals surface area contributed by atoms with E-state index in [1.165, 1.54) is 134 Å². The summed E-state index contributed by atoms with van der Waals surface area (Å²) in [5.41, 5.74) is 15.9. The number of ether oxygens (including phenoxy) is 3. The average Bonchev–Trinajstić information content (AvgIpc) is 3.07. The highest BCUT2D eigenvalue weighted by Gasteiger charge is 2.11. The Bertz CT molecular complexity index is 2410. The van der Waals surface area contributed by atoms with Crippen LogP contribution in [0.15, 0.2) is 97.1 Å². The number of nitrogen functional groups attached to an aromatic ring is 2. The monoisotopic (exact) mass is 1220 g/mol. The van der Waals surface area contributed by atoms with Crippen molar-refractivity contribution in [3.63, 3.8) is 0 Å². The fourth-order valence-corrected chi connectivity index (χ4v) is 9.94. The van der Waals surface area contributed by atoms with Crippen LogP contribution in [-0.2, 0) is 6.42 Å². The minimum absolute atomic E-state index is 0.527. The van der Waals surface area contributed by atoms with Gasteiger partial charge in [-0.15, -0.1) is 0 Å². The first-order valence-corrected chi connectivity index (χ1v) is 34.6. The highest BCUT2D eigenvalue weighted by Crippen LogP contribution is 2.23. The topological polar surface area (TPSA) is 229 Å². The number of hydrogen-bond donors (Lipinski definition) is 8. The summed E-state index contributed by atoms with van der Waals surface area (Å²) in [7, 11) is 0. The van der Waals surface area contributed by atoms with Crippen LogP contribution in [0.25, 0.3) is 0 Å². The molecule has 17 heteroatoms. The molecule has 89 heavy (non-hydrogen) atoms. The van der Waals surface area contributed by atoms with Gasteiger partial charge in [-0.25, -0.2) is 0 Å². The Morgan fingerprint density at radius 1 is 0.281 bits per heavy atom. The maximum Gasteiger partial charge on any atom is 0.233 e. The lowest BCUT2D eigenvalue weighted by Crippen LogP contribution is -2.12. The quantitative estimate of drug-likeness (QED) is 0.0131. The van der Waals surface area contributed by atoms with Gasteiger partial charge in [0.2, 0.25) is 35.7 Å². The van der Waals surface area contributed by atoms with Gasteiger partial charge in [0.05, 0.1) is 19.8 Å². The van der Waals surface area contributed by atoms with Crippen LogP contribution in [-0.4, -0.2) is 75.9 Å². The predicted octanol–water partition coefficient (Wildman–Crippen LogP) is 18.9. The number of rotatable bonds is 51. The molecule has 0 amide bonds. The zero-order valence-electron chi connectivity index (χ0n) is 55.2. The Kier molecular flexibility index (Phi) is 38.8. The molecule has 6 aromatic rings. The van der Waals surface area contributed by atoms with Crippen molar-refractivity contribution >= 4 is 58.4 Å². The van der Waals surface area contributed by atoms with E-state index in [0.717, 1.165) is 137 Å². The zero-order chi connectivity index (χ0) is 62.9. The SMILES string of the molecule is CCCCCCCCNc1nc(NCCCCCCCC)nc(Nc2ccc(CCCCCOc3ccc(Nc4nc(NCCCCCCCC)nc(NCCCCCCCC)n4)cc3)cc2)n1.Nc1ccc(OCCCCCOc2ccc(N)cc2)cc1. The van der Waals surface area contributed by atoms with Gasteiger partial charge in [0.25, 0.3) is 0 Å². The van der Waals surface area contributed by atoms with E-state index in [1.807, 2.05) is 72.8 Å². The summed E-state index contributed by atoms with van der Waals surface area (Å²) in [6, 6.07) is 31.6. The predicted molar refractivity (Wildman–Crippen MR) is 376 cm³/mol. The minimum Gasteiger partial charge on any atom is -0.494 e. The molecular weight excluding hydrogens is 1110 g/mol. The molecule has 10 N–H and O–H groups in total.